The van der Waals surface area contributed by atoms with Gasteiger partial charge in [0.25, 0.3) is 11.8 Å². The molecular formula is C23H18N2O3. The third kappa shape index (κ3) is 2.38. The molecular weight excluding hydrogens is 352 g/mol. The van der Waals surface area contributed by atoms with E-state index in [0.717, 1.165) is 22.2 Å². The first-order valence-corrected chi connectivity index (χ1v) is 9.37. The molecule has 0 unspecified atom stereocenters. The van der Waals surface area contributed by atoms with Crippen LogP contribution in [0.1, 0.15) is 12.0 Å². The standard InChI is InChI=1S/C23H18N2O3/c1-2-11-28-19-10-9-14-5-3-4-6-17(14)18(19)13-24-25-22(26)20-15-7-8-16(12-15)21(20)23(25)27/h1,3-10,13,15-16,20-21H,11-12H2/t15-,16-,20-,21+/m0/s1. The van der Waals surface area contributed by atoms with Crippen LogP contribution in [0, 0.1) is 36.0 Å². The van der Waals surface area contributed by atoms with Crippen LogP contribution in [0.4, 0.5) is 0 Å². The summed E-state index contributed by atoms with van der Waals surface area (Å²) in [4.78, 5) is 25.7. The van der Waals surface area contributed by atoms with E-state index in [1.54, 1.807) is 6.21 Å². The van der Waals surface area contributed by atoms with Gasteiger partial charge in [0, 0.05) is 5.56 Å². The van der Waals surface area contributed by atoms with E-state index in [4.69, 9.17) is 11.2 Å². The van der Waals surface area contributed by atoms with E-state index in [0.29, 0.717) is 11.3 Å². The molecule has 0 spiro atoms. The molecule has 2 aromatic rings. The van der Waals surface area contributed by atoms with Gasteiger partial charge in [-0.2, -0.15) is 10.1 Å². The van der Waals surface area contributed by atoms with E-state index in [1.807, 2.05) is 36.4 Å². The average Bonchev–Trinajstić information content (AvgIpc) is 3.39. The summed E-state index contributed by atoms with van der Waals surface area (Å²) in [6.07, 6.45) is 11.9. The molecule has 0 aromatic heterocycles. The Morgan fingerprint density at radius 3 is 2.54 bits per heavy atom. The molecule has 1 aliphatic heterocycles. The van der Waals surface area contributed by atoms with E-state index in [-0.39, 0.29) is 42.1 Å². The van der Waals surface area contributed by atoms with Crippen molar-refractivity contribution in [3.05, 3.63) is 54.1 Å². The average molecular weight is 370 g/mol. The summed E-state index contributed by atoms with van der Waals surface area (Å²) in [5.74, 6) is 2.44. The molecule has 138 valence electrons. The van der Waals surface area contributed by atoms with Gasteiger partial charge in [0.15, 0.2) is 0 Å². The number of hydrogen-bond donors (Lipinski definition) is 0. The van der Waals surface area contributed by atoms with E-state index in [9.17, 15) is 9.59 Å². The van der Waals surface area contributed by atoms with Crippen molar-refractivity contribution < 1.29 is 14.3 Å². The van der Waals surface area contributed by atoms with Crippen molar-refractivity contribution >= 4 is 28.8 Å². The predicted octanol–water partition coefficient (Wildman–Crippen LogP) is 2.99. The first-order chi connectivity index (χ1) is 13.7. The molecule has 5 heteroatoms. The van der Waals surface area contributed by atoms with E-state index >= 15 is 0 Å². The number of nitrogens with zero attached hydrogens (tertiary/aromatic N) is 2. The van der Waals surface area contributed by atoms with Gasteiger partial charge in [-0.15, -0.1) is 6.42 Å². The van der Waals surface area contributed by atoms with Crippen LogP contribution < -0.4 is 4.74 Å². The summed E-state index contributed by atoms with van der Waals surface area (Å²) in [7, 11) is 0. The highest BCUT2D eigenvalue weighted by Crippen LogP contribution is 2.52. The smallest absolute Gasteiger partial charge is 0.254 e. The summed E-state index contributed by atoms with van der Waals surface area (Å²) in [5, 5.41) is 7.28. The molecule has 1 heterocycles. The fourth-order valence-corrected chi connectivity index (χ4v) is 4.77. The van der Waals surface area contributed by atoms with Gasteiger partial charge in [0.05, 0.1) is 18.1 Å². The third-order valence-electron chi connectivity index (χ3n) is 5.99. The number of terminal acetylenes is 1. The molecule has 28 heavy (non-hydrogen) atoms. The number of hydrazone groups is 1. The lowest BCUT2D eigenvalue weighted by atomic mass is 9.85. The molecule has 2 aliphatic carbocycles. The fraction of sp³-hybridized carbons (Fsp3) is 0.261. The highest BCUT2D eigenvalue weighted by molar-refractivity contribution is 6.08. The molecule has 4 atom stereocenters. The van der Waals surface area contributed by atoms with Crippen molar-refractivity contribution in [1.29, 1.82) is 0 Å². The van der Waals surface area contributed by atoms with Crippen molar-refractivity contribution in [3.8, 4) is 18.1 Å². The normalized spacial score (nSPS) is 27.8. The van der Waals surface area contributed by atoms with Crippen LogP contribution in [0.15, 0.2) is 53.7 Å². The number of carbonyl (C=O) groups is 2. The molecule has 1 saturated heterocycles. The van der Waals surface area contributed by atoms with Crippen molar-refractivity contribution in [2.75, 3.05) is 6.61 Å². The van der Waals surface area contributed by atoms with Crippen LogP contribution in [0.3, 0.4) is 0 Å². The number of benzene rings is 2. The minimum Gasteiger partial charge on any atom is -0.480 e. The lowest BCUT2D eigenvalue weighted by Gasteiger charge is -2.13. The molecule has 1 saturated carbocycles. The molecule has 2 amide bonds. The zero-order chi connectivity index (χ0) is 19.3. The number of imide groups is 1. The quantitative estimate of drug-likeness (QED) is 0.360. The molecule has 5 rings (SSSR count). The third-order valence-corrected chi connectivity index (χ3v) is 5.99. The Morgan fingerprint density at radius 2 is 1.82 bits per heavy atom. The zero-order valence-corrected chi connectivity index (χ0v) is 15.1. The summed E-state index contributed by atoms with van der Waals surface area (Å²) in [6, 6.07) is 11.6. The number of rotatable bonds is 4. The lowest BCUT2D eigenvalue weighted by Crippen LogP contribution is -2.28. The van der Waals surface area contributed by atoms with Crippen LogP contribution in [0.2, 0.25) is 0 Å². The van der Waals surface area contributed by atoms with E-state index in [1.165, 1.54) is 0 Å². The summed E-state index contributed by atoms with van der Waals surface area (Å²) in [6.45, 7) is 0.125. The van der Waals surface area contributed by atoms with Gasteiger partial charge in [0.1, 0.15) is 12.4 Å². The summed E-state index contributed by atoms with van der Waals surface area (Å²) in [5.41, 5.74) is 0.701. The Bertz CT molecular complexity index is 1060. The minimum atomic E-state index is -0.260. The second-order valence-electron chi connectivity index (χ2n) is 7.42. The van der Waals surface area contributed by atoms with Gasteiger partial charge in [-0.05, 0) is 35.1 Å². The molecule has 0 N–H and O–H groups in total. The van der Waals surface area contributed by atoms with Crippen LogP contribution in [-0.4, -0.2) is 29.6 Å². The van der Waals surface area contributed by atoms with Gasteiger partial charge in [-0.25, -0.2) is 0 Å². The van der Waals surface area contributed by atoms with Crippen LogP contribution in [-0.2, 0) is 9.59 Å². The number of allylic oxidation sites excluding steroid dienone is 2. The highest BCUT2D eigenvalue weighted by Gasteiger charge is 2.59. The first-order valence-electron chi connectivity index (χ1n) is 9.37. The topological polar surface area (TPSA) is 59.0 Å². The number of carbonyl (C=O) groups excluding carboxylic acids is 2. The number of amides is 2. The monoisotopic (exact) mass is 370 g/mol. The number of hydrogen-bond acceptors (Lipinski definition) is 4. The molecule has 2 fully saturated rings. The maximum Gasteiger partial charge on any atom is 0.254 e. The van der Waals surface area contributed by atoms with Gasteiger partial charge in [0.2, 0.25) is 0 Å². The second-order valence-corrected chi connectivity index (χ2v) is 7.42. The second kappa shape index (κ2) is 6.35. The number of fused-ring (bicyclic) bond motifs is 6. The fourth-order valence-electron chi connectivity index (χ4n) is 4.77. The van der Waals surface area contributed by atoms with Gasteiger partial charge < -0.3 is 4.74 Å². The van der Waals surface area contributed by atoms with Crippen LogP contribution in [0.25, 0.3) is 10.8 Å². The Kier molecular flexibility index (Phi) is 3.80. The van der Waals surface area contributed by atoms with Crippen molar-refractivity contribution in [2.45, 2.75) is 6.42 Å². The summed E-state index contributed by atoms with van der Waals surface area (Å²) >= 11 is 0. The summed E-state index contributed by atoms with van der Waals surface area (Å²) < 4.78 is 5.66. The van der Waals surface area contributed by atoms with E-state index < -0.39 is 0 Å². The first kappa shape index (κ1) is 16.8. The van der Waals surface area contributed by atoms with Crippen molar-refractivity contribution in [2.24, 2.45) is 28.8 Å². The van der Waals surface area contributed by atoms with Gasteiger partial charge in [-0.1, -0.05) is 48.4 Å². The van der Waals surface area contributed by atoms with Crippen LogP contribution >= 0.6 is 0 Å². The number of ether oxygens (including phenoxy) is 1. The predicted molar refractivity (Wildman–Crippen MR) is 105 cm³/mol. The molecule has 2 aromatic carbocycles. The van der Waals surface area contributed by atoms with Gasteiger partial charge >= 0.3 is 0 Å². The van der Waals surface area contributed by atoms with Crippen molar-refractivity contribution in [1.82, 2.24) is 5.01 Å². The van der Waals surface area contributed by atoms with Gasteiger partial charge in [-0.3, -0.25) is 9.59 Å². The maximum absolute atomic E-state index is 12.8. The Labute approximate surface area is 162 Å². The largest absolute Gasteiger partial charge is 0.480 e. The lowest BCUT2D eigenvalue weighted by molar-refractivity contribution is -0.140. The zero-order valence-electron chi connectivity index (χ0n) is 15.1. The molecule has 5 nitrogen and oxygen atoms in total. The Morgan fingerprint density at radius 1 is 1.11 bits per heavy atom. The Balaban J connectivity index is 1.52. The van der Waals surface area contributed by atoms with Crippen LogP contribution in [0.5, 0.6) is 5.75 Å². The highest BCUT2D eigenvalue weighted by atomic mass is 16.5. The molecule has 0 radical (unpaired) electrons. The molecule has 2 bridgehead atoms. The molecule has 3 aliphatic rings. The Hall–Kier alpha value is -3.39. The van der Waals surface area contributed by atoms with Crippen molar-refractivity contribution in [3.63, 3.8) is 0 Å². The maximum atomic E-state index is 12.8. The van der Waals surface area contributed by atoms with E-state index in [2.05, 4.69) is 23.2 Å². The minimum absolute atomic E-state index is 0.125. The SMILES string of the molecule is C#CCOc1ccc2ccccc2c1C=NN1C(=O)[C@@H]2[C@H](C1=O)[C@H]1C=C[C@H]2C1.